The molecule has 6 heteroatoms. The maximum absolute atomic E-state index is 11.4. The summed E-state index contributed by atoms with van der Waals surface area (Å²) in [6.07, 6.45) is 0.0383. The fraction of sp³-hybridized carbons (Fsp3) is 0.333. The van der Waals surface area contributed by atoms with E-state index in [0.717, 1.165) is 0 Å². The van der Waals surface area contributed by atoms with Gasteiger partial charge in [0.15, 0.2) is 0 Å². The van der Waals surface area contributed by atoms with Crippen molar-refractivity contribution in [3.8, 4) is 6.07 Å². The van der Waals surface area contributed by atoms with Crippen molar-refractivity contribution < 1.29 is 9.90 Å². The van der Waals surface area contributed by atoms with E-state index >= 15 is 0 Å². The van der Waals surface area contributed by atoms with Gasteiger partial charge in [-0.3, -0.25) is 0 Å². The highest BCUT2D eigenvalue weighted by molar-refractivity contribution is 6.32. The van der Waals surface area contributed by atoms with Crippen LogP contribution in [-0.4, -0.2) is 23.8 Å². The van der Waals surface area contributed by atoms with Crippen LogP contribution in [0.2, 0.25) is 5.02 Å². The van der Waals surface area contributed by atoms with E-state index < -0.39 is 6.10 Å². The van der Waals surface area contributed by atoms with Gasteiger partial charge in [0.25, 0.3) is 0 Å². The van der Waals surface area contributed by atoms with Gasteiger partial charge in [-0.15, -0.1) is 0 Å². The molecule has 0 fully saturated rings. The standard InChI is InChI=1S/C12H14ClN3O2/c1-8(17)4-5-15-12(18)16-10-3-2-9(7-14)11(13)6-10/h2-3,6,8,17H,4-5H2,1H3,(H2,15,16,18). The summed E-state index contributed by atoms with van der Waals surface area (Å²) >= 11 is 5.83. The predicted molar refractivity (Wildman–Crippen MR) is 69.5 cm³/mol. The van der Waals surface area contributed by atoms with Gasteiger partial charge in [-0.2, -0.15) is 5.26 Å². The minimum absolute atomic E-state index is 0.291. The van der Waals surface area contributed by atoms with Crippen molar-refractivity contribution in [2.75, 3.05) is 11.9 Å². The minimum atomic E-state index is -0.449. The Hall–Kier alpha value is -1.77. The zero-order valence-corrected chi connectivity index (χ0v) is 10.7. The number of urea groups is 1. The number of nitrogens with zero attached hydrogens (tertiary/aromatic N) is 1. The molecule has 0 saturated carbocycles. The molecule has 0 aliphatic carbocycles. The van der Waals surface area contributed by atoms with E-state index in [1.54, 1.807) is 13.0 Å². The van der Waals surface area contributed by atoms with E-state index in [2.05, 4.69) is 10.6 Å². The molecule has 0 aliphatic heterocycles. The summed E-state index contributed by atoms with van der Waals surface area (Å²) in [4.78, 5) is 11.4. The van der Waals surface area contributed by atoms with Crippen LogP contribution in [0.15, 0.2) is 18.2 Å². The number of hydrogen-bond donors (Lipinski definition) is 3. The van der Waals surface area contributed by atoms with Gasteiger partial charge in [0.1, 0.15) is 6.07 Å². The predicted octanol–water partition coefficient (Wildman–Crippen LogP) is 2.10. The minimum Gasteiger partial charge on any atom is -0.393 e. The second kappa shape index (κ2) is 6.84. The van der Waals surface area contributed by atoms with Crippen LogP contribution < -0.4 is 10.6 Å². The molecule has 0 saturated heterocycles. The van der Waals surface area contributed by atoms with Gasteiger partial charge in [0.2, 0.25) is 0 Å². The Morgan fingerprint density at radius 3 is 2.89 bits per heavy atom. The monoisotopic (exact) mass is 267 g/mol. The van der Waals surface area contributed by atoms with Crippen molar-refractivity contribution in [3.63, 3.8) is 0 Å². The first-order valence-corrected chi connectivity index (χ1v) is 5.83. The van der Waals surface area contributed by atoms with Gasteiger partial charge in [0, 0.05) is 12.2 Å². The van der Waals surface area contributed by atoms with Crippen molar-refractivity contribution in [1.82, 2.24) is 5.32 Å². The number of amides is 2. The second-order valence-corrected chi connectivity index (χ2v) is 4.23. The molecular formula is C12H14ClN3O2. The third-order valence-corrected chi connectivity index (χ3v) is 2.51. The van der Waals surface area contributed by atoms with Crippen LogP contribution in [0.4, 0.5) is 10.5 Å². The van der Waals surface area contributed by atoms with Gasteiger partial charge in [-0.1, -0.05) is 11.6 Å². The Morgan fingerprint density at radius 2 is 2.33 bits per heavy atom. The largest absolute Gasteiger partial charge is 0.393 e. The second-order valence-electron chi connectivity index (χ2n) is 3.83. The number of carbonyl (C=O) groups is 1. The van der Waals surface area contributed by atoms with E-state index in [9.17, 15) is 4.79 Å². The van der Waals surface area contributed by atoms with Crippen molar-refractivity contribution in [1.29, 1.82) is 5.26 Å². The molecule has 0 radical (unpaired) electrons. The molecule has 96 valence electrons. The SMILES string of the molecule is CC(O)CCNC(=O)Nc1ccc(C#N)c(Cl)c1. The van der Waals surface area contributed by atoms with Crippen LogP contribution in [0.1, 0.15) is 18.9 Å². The van der Waals surface area contributed by atoms with Crippen molar-refractivity contribution >= 4 is 23.3 Å². The topological polar surface area (TPSA) is 85.2 Å². The molecule has 0 heterocycles. The molecule has 1 aromatic rings. The normalized spacial score (nSPS) is 11.4. The Kier molecular flexibility index (Phi) is 5.43. The molecule has 3 N–H and O–H groups in total. The Morgan fingerprint density at radius 1 is 1.61 bits per heavy atom. The first-order chi connectivity index (χ1) is 8.52. The first kappa shape index (κ1) is 14.3. The number of rotatable bonds is 4. The van der Waals surface area contributed by atoms with Crippen LogP contribution in [0, 0.1) is 11.3 Å². The summed E-state index contributed by atoms with van der Waals surface area (Å²) in [5.74, 6) is 0. The number of aliphatic hydroxyl groups is 1. The fourth-order valence-electron chi connectivity index (χ4n) is 1.25. The van der Waals surface area contributed by atoms with Gasteiger partial charge in [-0.05, 0) is 31.5 Å². The summed E-state index contributed by atoms with van der Waals surface area (Å²) in [6, 6.07) is 6.20. The summed E-state index contributed by atoms with van der Waals surface area (Å²) < 4.78 is 0. The average molecular weight is 268 g/mol. The van der Waals surface area contributed by atoms with E-state index in [1.165, 1.54) is 12.1 Å². The van der Waals surface area contributed by atoms with Crippen molar-refractivity contribution in [2.24, 2.45) is 0 Å². The molecule has 1 unspecified atom stereocenters. The third kappa shape index (κ3) is 4.62. The lowest BCUT2D eigenvalue weighted by Crippen LogP contribution is -2.30. The zero-order valence-electron chi connectivity index (χ0n) is 9.90. The fourth-order valence-corrected chi connectivity index (χ4v) is 1.48. The van der Waals surface area contributed by atoms with E-state index in [-0.39, 0.29) is 6.03 Å². The summed E-state index contributed by atoms with van der Waals surface area (Å²) in [6.45, 7) is 2.04. The molecule has 0 aliphatic rings. The number of aliphatic hydroxyl groups excluding tert-OH is 1. The number of nitriles is 1. The lowest BCUT2D eigenvalue weighted by Gasteiger charge is -2.09. The molecule has 18 heavy (non-hydrogen) atoms. The summed E-state index contributed by atoms with van der Waals surface area (Å²) in [7, 11) is 0. The molecule has 1 atom stereocenters. The van der Waals surface area contributed by atoms with Gasteiger partial charge < -0.3 is 15.7 Å². The number of hydrogen-bond acceptors (Lipinski definition) is 3. The molecular weight excluding hydrogens is 254 g/mol. The zero-order chi connectivity index (χ0) is 13.5. The van der Waals surface area contributed by atoms with Crippen LogP contribution in [0.3, 0.4) is 0 Å². The molecule has 0 bridgehead atoms. The lowest BCUT2D eigenvalue weighted by atomic mass is 10.2. The Balaban J connectivity index is 2.50. The smallest absolute Gasteiger partial charge is 0.319 e. The van der Waals surface area contributed by atoms with E-state index in [0.29, 0.717) is 29.2 Å². The molecule has 0 spiro atoms. The molecule has 2 amide bonds. The number of nitrogens with one attached hydrogen (secondary N) is 2. The number of benzene rings is 1. The molecule has 0 aromatic heterocycles. The van der Waals surface area contributed by atoms with E-state index in [4.69, 9.17) is 22.0 Å². The summed E-state index contributed by atoms with van der Waals surface area (Å²) in [5, 5.41) is 23.2. The van der Waals surface area contributed by atoms with Gasteiger partial charge in [-0.25, -0.2) is 4.79 Å². The van der Waals surface area contributed by atoms with Gasteiger partial charge in [0.05, 0.1) is 16.7 Å². The quantitative estimate of drug-likeness (QED) is 0.781. The van der Waals surface area contributed by atoms with Crippen LogP contribution in [0.5, 0.6) is 0 Å². The highest BCUT2D eigenvalue weighted by atomic mass is 35.5. The van der Waals surface area contributed by atoms with Crippen molar-refractivity contribution in [2.45, 2.75) is 19.4 Å². The average Bonchev–Trinajstić information content (AvgIpc) is 2.28. The highest BCUT2D eigenvalue weighted by Gasteiger charge is 2.05. The Labute approximate surface area is 110 Å². The van der Waals surface area contributed by atoms with Crippen LogP contribution in [0.25, 0.3) is 0 Å². The maximum atomic E-state index is 11.4. The Bertz CT molecular complexity index is 469. The maximum Gasteiger partial charge on any atom is 0.319 e. The van der Waals surface area contributed by atoms with Crippen molar-refractivity contribution in [3.05, 3.63) is 28.8 Å². The summed E-state index contributed by atoms with van der Waals surface area (Å²) in [5.41, 5.74) is 0.866. The van der Waals surface area contributed by atoms with Crippen LogP contribution in [-0.2, 0) is 0 Å². The lowest BCUT2D eigenvalue weighted by molar-refractivity contribution is 0.184. The van der Waals surface area contributed by atoms with E-state index in [1.807, 2.05) is 6.07 Å². The third-order valence-electron chi connectivity index (χ3n) is 2.20. The van der Waals surface area contributed by atoms with Crippen LogP contribution >= 0.6 is 11.6 Å². The number of anilines is 1. The number of halogens is 1. The molecule has 5 nitrogen and oxygen atoms in total. The number of carbonyl (C=O) groups excluding carboxylic acids is 1. The first-order valence-electron chi connectivity index (χ1n) is 5.45. The van der Waals surface area contributed by atoms with Gasteiger partial charge >= 0.3 is 6.03 Å². The highest BCUT2D eigenvalue weighted by Crippen LogP contribution is 2.19. The molecule has 1 rings (SSSR count). The molecule has 1 aromatic carbocycles.